The molecule has 0 fully saturated rings. The highest BCUT2D eigenvalue weighted by molar-refractivity contribution is 9.10. The van der Waals surface area contributed by atoms with Crippen LogP contribution in [0.5, 0.6) is 0 Å². The largest absolute Gasteiger partial charge is 0.288 e. The molecule has 0 unspecified atom stereocenters. The van der Waals surface area contributed by atoms with E-state index in [0.29, 0.717) is 4.47 Å². The molecule has 0 aliphatic rings. The molecule has 0 amide bonds. The lowest BCUT2D eigenvalue weighted by atomic mass is 10.0. The number of hydrogen-bond donors (Lipinski definition) is 0. The van der Waals surface area contributed by atoms with Gasteiger partial charge in [-0.05, 0) is 46.3 Å². The summed E-state index contributed by atoms with van der Waals surface area (Å²) in [6.45, 7) is 0. The van der Waals surface area contributed by atoms with Crippen molar-refractivity contribution in [2.45, 2.75) is 0 Å². The molecule has 0 saturated heterocycles. The van der Waals surface area contributed by atoms with Gasteiger partial charge in [0.2, 0.25) is 0 Å². The molecular weight excluding hydrogens is 361 g/mol. The van der Waals surface area contributed by atoms with Crippen LogP contribution in [-0.2, 0) is 0 Å². The van der Waals surface area contributed by atoms with Gasteiger partial charge in [-0.15, -0.1) is 0 Å². The standard InChI is InChI=1S/C13H5BrCl2F2O/c14-9-5-12(18)8(4-10(9)16)13(19)7-3-6(15)1-2-11(7)17/h1-5H. The Morgan fingerprint density at radius 2 is 1.63 bits per heavy atom. The maximum atomic E-state index is 13.7. The van der Waals surface area contributed by atoms with Crippen molar-refractivity contribution in [2.75, 3.05) is 0 Å². The number of benzene rings is 2. The Bertz CT molecular complexity index is 674. The number of carbonyl (C=O) groups excluding carboxylic acids is 1. The number of halogens is 5. The van der Waals surface area contributed by atoms with Gasteiger partial charge < -0.3 is 0 Å². The van der Waals surface area contributed by atoms with E-state index in [2.05, 4.69) is 15.9 Å². The summed E-state index contributed by atoms with van der Waals surface area (Å²) in [5.41, 5.74) is -0.612. The van der Waals surface area contributed by atoms with Crippen LogP contribution in [0.2, 0.25) is 10.0 Å². The molecule has 0 heterocycles. The molecule has 0 N–H and O–H groups in total. The fourth-order valence-corrected chi connectivity index (χ4v) is 2.16. The molecule has 0 atom stereocenters. The molecule has 2 aromatic rings. The lowest BCUT2D eigenvalue weighted by Crippen LogP contribution is -2.07. The molecular formula is C13H5BrCl2F2O. The molecule has 0 spiro atoms. The van der Waals surface area contributed by atoms with Crippen molar-refractivity contribution < 1.29 is 13.6 Å². The Balaban J connectivity index is 2.56. The van der Waals surface area contributed by atoms with E-state index < -0.39 is 17.4 Å². The molecule has 0 aromatic heterocycles. The third kappa shape index (κ3) is 2.96. The van der Waals surface area contributed by atoms with Crippen LogP contribution in [0.25, 0.3) is 0 Å². The zero-order valence-corrected chi connectivity index (χ0v) is 12.3. The van der Waals surface area contributed by atoms with Gasteiger partial charge in [0.1, 0.15) is 11.6 Å². The SMILES string of the molecule is O=C(c1cc(Cl)ccc1F)c1cc(Cl)c(Br)cc1F. The molecule has 0 saturated carbocycles. The molecule has 2 rings (SSSR count). The van der Waals surface area contributed by atoms with Crippen LogP contribution >= 0.6 is 39.1 Å². The van der Waals surface area contributed by atoms with Gasteiger partial charge in [-0.1, -0.05) is 23.2 Å². The van der Waals surface area contributed by atoms with Crippen LogP contribution in [0.1, 0.15) is 15.9 Å². The Kier molecular flexibility index (Phi) is 4.23. The summed E-state index contributed by atoms with van der Waals surface area (Å²) in [5, 5.41) is 0.348. The average Bonchev–Trinajstić information content (AvgIpc) is 2.36. The van der Waals surface area contributed by atoms with E-state index in [1.807, 2.05) is 0 Å². The first-order chi connectivity index (χ1) is 8.90. The fourth-order valence-electron chi connectivity index (χ4n) is 1.51. The Labute approximate surface area is 126 Å². The van der Waals surface area contributed by atoms with Gasteiger partial charge in [0.25, 0.3) is 0 Å². The first kappa shape index (κ1) is 14.4. The number of ketones is 1. The first-order valence-electron chi connectivity index (χ1n) is 5.04. The van der Waals surface area contributed by atoms with Gasteiger partial charge in [-0.2, -0.15) is 0 Å². The van der Waals surface area contributed by atoms with E-state index in [9.17, 15) is 13.6 Å². The molecule has 0 bridgehead atoms. The van der Waals surface area contributed by atoms with Crippen molar-refractivity contribution in [1.29, 1.82) is 0 Å². The van der Waals surface area contributed by atoms with Crippen molar-refractivity contribution in [2.24, 2.45) is 0 Å². The van der Waals surface area contributed by atoms with Crippen molar-refractivity contribution >= 4 is 44.9 Å². The summed E-state index contributed by atoms with van der Waals surface area (Å²) in [7, 11) is 0. The van der Waals surface area contributed by atoms with Gasteiger partial charge in [0.05, 0.1) is 16.1 Å². The fraction of sp³-hybridized carbons (Fsp3) is 0. The third-order valence-electron chi connectivity index (χ3n) is 2.43. The second kappa shape index (κ2) is 5.57. The minimum Gasteiger partial charge on any atom is -0.288 e. The highest BCUT2D eigenvalue weighted by atomic mass is 79.9. The second-order valence-electron chi connectivity index (χ2n) is 3.70. The van der Waals surface area contributed by atoms with E-state index in [1.54, 1.807) is 0 Å². The van der Waals surface area contributed by atoms with Crippen molar-refractivity contribution in [3.8, 4) is 0 Å². The summed E-state index contributed by atoms with van der Waals surface area (Å²) < 4.78 is 27.6. The van der Waals surface area contributed by atoms with Gasteiger partial charge in [0, 0.05) is 9.50 Å². The minimum atomic E-state index is -0.813. The number of carbonyl (C=O) groups is 1. The topological polar surface area (TPSA) is 17.1 Å². The van der Waals surface area contributed by atoms with Gasteiger partial charge in [-0.3, -0.25) is 4.79 Å². The lowest BCUT2D eigenvalue weighted by Gasteiger charge is -2.06. The minimum absolute atomic E-state index is 0.159. The zero-order valence-electron chi connectivity index (χ0n) is 9.18. The summed E-state index contributed by atoms with van der Waals surface area (Å²) in [6.07, 6.45) is 0. The first-order valence-corrected chi connectivity index (χ1v) is 6.59. The molecule has 19 heavy (non-hydrogen) atoms. The molecule has 0 aliphatic carbocycles. The number of hydrogen-bond acceptors (Lipinski definition) is 1. The average molecular weight is 366 g/mol. The van der Waals surface area contributed by atoms with Crippen LogP contribution in [0.15, 0.2) is 34.8 Å². The summed E-state index contributed by atoms with van der Waals surface area (Å²) in [4.78, 5) is 12.1. The van der Waals surface area contributed by atoms with Crippen molar-refractivity contribution in [1.82, 2.24) is 0 Å². The normalized spacial score (nSPS) is 10.6. The quantitative estimate of drug-likeness (QED) is 0.523. The predicted octanol–water partition coefficient (Wildman–Crippen LogP) is 5.27. The monoisotopic (exact) mass is 364 g/mol. The molecule has 0 aliphatic heterocycles. The van der Waals surface area contributed by atoms with E-state index in [1.165, 1.54) is 6.07 Å². The molecule has 1 nitrogen and oxygen atoms in total. The predicted molar refractivity (Wildman–Crippen MR) is 74.0 cm³/mol. The maximum absolute atomic E-state index is 13.7. The molecule has 0 radical (unpaired) electrons. The van der Waals surface area contributed by atoms with Crippen LogP contribution in [0, 0.1) is 11.6 Å². The highest BCUT2D eigenvalue weighted by Crippen LogP contribution is 2.28. The summed E-state index contributed by atoms with van der Waals surface area (Å²) >= 11 is 14.5. The Morgan fingerprint density at radius 1 is 1.00 bits per heavy atom. The van der Waals surface area contributed by atoms with E-state index in [0.717, 1.165) is 24.3 Å². The maximum Gasteiger partial charge on any atom is 0.199 e. The summed E-state index contributed by atoms with van der Waals surface area (Å²) in [5.74, 6) is -2.37. The van der Waals surface area contributed by atoms with Gasteiger partial charge in [-0.25, -0.2) is 8.78 Å². The van der Waals surface area contributed by atoms with E-state index >= 15 is 0 Å². The van der Waals surface area contributed by atoms with Gasteiger partial charge >= 0.3 is 0 Å². The molecule has 98 valence electrons. The van der Waals surface area contributed by atoms with Crippen molar-refractivity contribution in [3.63, 3.8) is 0 Å². The van der Waals surface area contributed by atoms with E-state index in [-0.39, 0.29) is 21.2 Å². The Hall–Kier alpha value is -0.970. The van der Waals surface area contributed by atoms with Crippen LogP contribution in [0.4, 0.5) is 8.78 Å². The van der Waals surface area contributed by atoms with Crippen LogP contribution in [-0.4, -0.2) is 5.78 Å². The number of rotatable bonds is 2. The summed E-state index contributed by atoms with van der Waals surface area (Å²) in [6, 6.07) is 5.70. The van der Waals surface area contributed by atoms with E-state index in [4.69, 9.17) is 23.2 Å². The van der Waals surface area contributed by atoms with Crippen LogP contribution in [0.3, 0.4) is 0 Å². The highest BCUT2D eigenvalue weighted by Gasteiger charge is 2.19. The van der Waals surface area contributed by atoms with Crippen LogP contribution < -0.4 is 0 Å². The smallest absolute Gasteiger partial charge is 0.199 e. The third-order valence-corrected chi connectivity index (χ3v) is 3.86. The Morgan fingerprint density at radius 3 is 2.32 bits per heavy atom. The molecule has 2 aromatic carbocycles. The zero-order chi connectivity index (χ0) is 14.2. The second-order valence-corrected chi connectivity index (χ2v) is 5.40. The van der Waals surface area contributed by atoms with Gasteiger partial charge in [0.15, 0.2) is 5.78 Å². The lowest BCUT2D eigenvalue weighted by molar-refractivity contribution is 0.103. The van der Waals surface area contributed by atoms with Crippen molar-refractivity contribution in [3.05, 3.63) is 67.6 Å². The molecule has 6 heteroatoms.